The summed E-state index contributed by atoms with van der Waals surface area (Å²) in [5.41, 5.74) is 1.53. The lowest BCUT2D eigenvalue weighted by Gasteiger charge is -2.32. The number of urea groups is 1. The van der Waals surface area contributed by atoms with Crippen LogP contribution in [0.1, 0.15) is 32.6 Å². The summed E-state index contributed by atoms with van der Waals surface area (Å²) in [5.74, 6) is -0.0222. The van der Waals surface area contributed by atoms with Crippen molar-refractivity contribution in [3.8, 4) is 0 Å². The fraction of sp³-hybridized carbons (Fsp3) is 0.556. The Labute approximate surface area is 143 Å². The molecule has 3 rings (SSSR count). The minimum absolute atomic E-state index is 0.0222. The third kappa shape index (κ3) is 4.26. The monoisotopic (exact) mass is 330 g/mol. The standard InChI is InChI=1S/C18H26N4O2/c1-13(23)21(2)16-5-3-14(4-6-16)19-18(24)20-15-9-11-22(12-10-15)17-7-8-17/h3-6,15,17H,7-12H2,1-2H3,(H2,19,20,24). The van der Waals surface area contributed by atoms with E-state index in [2.05, 4.69) is 15.5 Å². The fourth-order valence-electron chi connectivity index (χ4n) is 3.15. The van der Waals surface area contributed by atoms with E-state index in [1.807, 2.05) is 24.3 Å². The molecule has 1 heterocycles. The van der Waals surface area contributed by atoms with Gasteiger partial charge >= 0.3 is 6.03 Å². The van der Waals surface area contributed by atoms with Crippen molar-refractivity contribution >= 4 is 23.3 Å². The first kappa shape index (κ1) is 16.8. The third-order valence-electron chi connectivity index (χ3n) is 4.91. The number of rotatable bonds is 4. The normalized spacial score (nSPS) is 18.9. The van der Waals surface area contributed by atoms with Gasteiger partial charge in [0.15, 0.2) is 0 Å². The molecule has 6 nitrogen and oxygen atoms in total. The average molecular weight is 330 g/mol. The molecule has 2 N–H and O–H groups in total. The quantitative estimate of drug-likeness (QED) is 0.891. The van der Waals surface area contributed by atoms with Crippen LogP contribution in [0.4, 0.5) is 16.2 Å². The van der Waals surface area contributed by atoms with Crippen LogP contribution in [0.25, 0.3) is 0 Å². The SMILES string of the molecule is CC(=O)N(C)c1ccc(NC(=O)NC2CCN(C3CC3)CC2)cc1. The van der Waals surface area contributed by atoms with Crippen molar-refractivity contribution in [2.24, 2.45) is 0 Å². The Kier molecular flexibility index (Phi) is 5.04. The number of anilines is 2. The van der Waals surface area contributed by atoms with Gasteiger partial charge in [-0.2, -0.15) is 0 Å². The van der Waals surface area contributed by atoms with E-state index in [0.717, 1.165) is 43.3 Å². The number of carbonyl (C=O) groups excluding carboxylic acids is 2. The number of piperidine rings is 1. The van der Waals surface area contributed by atoms with Gasteiger partial charge in [-0.25, -0.2) is 4.79 Å². The summed E-state index contributed by atoms with van der Waals surface area (Å²) in [7, 11) is 1.73. The molecule has 1 aliphatic heterocycles. The zero-order valence-corrected chi connectivity index (χ0v) is 14.4. The number of benzene rings is 1. The van der Waals surface area contributed by atoms with Crippen LogP contribution in [0, 0.1) is 0 Å². The predicted octanol–water partition coefficient (Wildman–Crippen LogP) is 2.42. The molecule has 24 heavy (non-hydrogen) atoms. The van der Waals surface area contributed by atoms with Crippen molar-refractivity contribution in [1.29, 1.82) is 0 Å². The highest BCUT2D eigenvalue weighted by Gasteiger charge is 2.32. The van der Waals surface area contributed by atoms with E-state index in [9.17, 15) is 9.59 Å². The Morgan fingerprint density at radius 3 is 2.25 bits per heavy atom. The van der Waals surface area contributed by atoms with Gasteiger partial charge in [-0.05, 0) is 49.9 Å². The second-order valence-electron chi connectivity index (χ2n) is 6.76. The lowest BCUT2D eigenvalue weighted by Crippen LogP contribution is -2.46. The first-order chi connectivity index (χ1) is 11.5. The number of nitrogens with zero attached hydrogens (tertiary/aromatic N) is 2. The maximum absolute atomic E-state index is 12.1. The van der Waals surface area contributed by atoms with E-state index in [0.29, 0.717) is 0 Å². The Bertz CT molecular complexity index is 590. The summed E-state index contributed by atoms with van der Waals surface area (Å²) < 4.78 is 0. The molecule has 1 saturated heterocycles. The molecule has 1 aliphatic carbocycles. The number of amides is 3. The highest BCUT2D eigenvalue weighted by atomic mass is 16.2. The van der Waals surface area contributed by atoms with Crippen LogP contribution < -0.4 is 15.5 Å². The minimum atomic E-state index is -0.160. The predicted molar refractivity (Wildman–Crippen MR) is 95.3 cm³/mol. The van der Waals surface area contributed by atoms with Gasteiger partial charge in [0.05, 0.1) is 0 Å². The lowest BCUT2D eigenvalue weighted by molar-refractivity contribution is -0.116. The van der Waals surface area contributed by atoms with E-state index < -0.39 is 0 Å². The van der Waals surface area contributed by atoms with Gasteiger partial charge in [0.2, 0.25) is 5.91 Å². The molecular formula is C18H26N4O2. The number of hydrogen-bond acceptors (Lipinski definition) is 3. The number of likely N-dealkylation sites (tertiary alicyclic amines) is 1. The summed E-state index contributed by atoms with van der Waals surface area (Å²) in [5, 5.41) is 5.93. The molecule has 2 fully saturated rings. The topological polar surface area (TPSA) is 64.7 Å². The summed E-state index contributed by atoms with van der Waals surface area (Å²) in [4.78, 5) is 27.6. The Morgan fingerprint density at radius 1 is 1.08 bits per heavy atom. The highest BCUT2D eigenvalue weighted by Crippen LogP contribution is 2.29. The zero-order valence-electron chi connectivity index (χ0n) is 14.4. The van der Waals surface area contributed by atoms with Crippen molar-refractivity contribution in [2.45, 2.75) is 44.7 Å². The molecule has 0 spiro atoms. The van der Waals surface area contributed by atoms with Crippen molar-refractivity contribution < 1.29 is 9.59 Å². The molecule has 3 amide bonds. The van der Waals surface area contributed by atoms with Gasteiger partial charge in [-0.15, -0.1) is 0 Å². The van der Waals surface area contributed by atoms with E-state index in [1.54, 1.807) is 11.9 Å². The molecule has 1 aromatic rings. The van der Waals surface area contributed by atoms with Crippen LogP contribution in [0.2, 0.25) is 0 Å². The van der Waals surface area contributed by atoms with Crippen LogP contribution in [-0.4, -0.2) is 49.1 Å². The lowest BCUT2D eigenvalue weighted by atomic mass is 10.1. The summed E-state index contributed by atoms with van der Waals surface area (Å²) in [6.45, 7) is 3.69. The summed E-state index contributed by atoms with van der Waals surface area (Å²) >= 11 is 0. The molecule has 2 aliphatic rings. The van der Waals surface area contributed by atoms with Crippen molar-refractivity contribution in [3.63, 3.8) is 0 Å². The zero-order chi connectivity index (χ0) is 17.1. The van der Waals surface area contributed by atoms with Gasteiger partial charge in [-0.3, -0.25) is 4.79 Å². The second-order valence-corrected chi connectivity index (χ2v) is 6.76. The smallest absolute Gasteiger partial charge is 0.319 e. The molecule has 130 valence electrons. The molecule has 0 radical (unpaired) electrons. The first-order valence-corrected chi connectivity index (χ1v) is 8.69. The minimum Gasteiger partial charge on any atom is -0.335 e. The maximum Gasteiger partial charge on any atom is 0.319 e. The van der Waals surface area contributed by atoms with Gasteiger partial charge in [0, 0.05) is 50.5 Å². The van der Waals surface area contributed by atoms with Gasteiger partial charge in [0.25, 0.3) is 0 Å². The Hall–Kier alpha value is -2.08. The average Bonchev–Trinajstić information content (AvgIpc) is 3.40. The van der Waals surface area contributed by atoms with E-state index in [4.69, 9.17) is 0 Å². The number of hydrogen-bond donors (Lipinski definition) is 2. The number of nitrogens with one attached hydrogen (secondary N) is 2. The van der Waals surface area contributed by atoms with Crippen LogP contribution in [0.5, 0.6) is 0 Å². The van der Waals surface area contributed by atoms with E-state index in [-0.39, 0.29) is 18.0 Å². The maximum atomic E-state index is 12.1. The Morgan fingerprint density at radius 2 is 1.71 bits per heavy atom. The molecule has 0 aromatic heterocycles. The van der Waals surface area contributed by atoms with Gasteiger partial charge in [0.1, 0.15) is 0 Å². The molecule has 0 bridgehead atoms. The van der Waals surface area contributed by atoms with E-state index >= 15 is 0 Å². The van der Waals surface area contributed by atoms with Crippen LogP contribution >= 0.6 is 0 Å². The van der Waals surface area contributed by atoms with Crippen molar-refractivity contribution in [1.82, 2.24) is 10.2 Å². The molecule has 0 atom stereocenters. The highest BCUT2D eigenvalue weighted by molar-refractivity contribution is 5.92. The molecule has 6 heteroatoms. The molecular weight excluding hydrogens is 304 g/mol. The molecule has 1 saturated carbocycles. The Balaban J connectivity index is 1.45. The number of carbonyl (C=O) groups is 2. The largest absolute Gasteiger partial charge is 0.335 e. The third-order valence-corrected chi connectivity index (χ3v) is 4.91. The van der Waals surface area contributed by atoms with Gasteiger partial charge in [-0.1, -0.05) is 0 Å². The van der Waals surface area contributed by atoms with E-state index in [1.165, 1.54) is 19.8 Å². The first-order valence-electron chi connectivity index (χ1n) is 8.69. The summed E-state index contributed by atoms with van der Waals surface area (Å²) in [6.07, 6.45) is 4.72. The summed E-state index contributed by atoms with van der Waals surface area (Å²) in [6, 6.07) is 8.17. The fourth-order valence-corrected chi connectivity index (χ4v) is 3.15. The molecule has 1 aromatic carbocycles. The van der Waals surface area contributed by atoms with Crippen LogP contribution in [0.3, 0.4) is 0 Å². The van der Waals surface area contributed by atoms with Crippen LogP contribution in [0.15, 0.2) is 24.3 Å². The second kappa shape index (κ2) is 7.21. The van der Waals surface area contributed by atoms with Crippen LogP contribution in [-0.2, 0) is 4.79 Å². The van der Waals surface area contributed by atoms with Crippen molar-refractivity contribution in [2.75, 3.05) is 30.4 Å². The van der Waals surface area contributed by atoms with Gasteiger partial charge < -0.3 is 20.4 Å². The molecule has 0 unspecified atom stereocenters. The van der Waals surface area contributed by atoms with Crippen molar-refractivity contribution in [3.05, 3.63) is 24.3 Å².